The summed E-state index contributed by atoms with van der Waals surface area (Å²) in [6.07, 6.45) is 0. The van der Waals surface area contributed by atoms with E-state index in [1.165, 1.54) is 43.3 Å². The number of phenolic OH excluding ortho intramolecular Hbond substituents is 1. The van der Waals surface area contributed by atoms with Crippen LogP contribution < -0.4 is 4.72 Å². The highest BCUT2D eigenvalue weighted by Gasteiger charge is 2.23. The monoisotopic (exact) mass is 568 g/mol. The van der Waals surface area contributed by atoms with Crippen LogP contribution in [0.3, 0.4) is 0 Å². The zero-order chi connectivity index (χ0) is 27.1. The number of aromatic hydroxyl groups is 1. The maximum Gasteiger partial charge on any atom is 0.295 e. The number of phenols is 1. The Balaban J connectivity index is 1.87. The van der Waals surface area contributed by atoms with Gasteiger partial charge in [0.15, 0.2) is 0 Å². The Labute approximate surface area is 213 Å². The van der Waals surface area contributed by atoms with Gasteiger partial charge in [0, 0.05) is 15.7 Å². The summed E-state index contributed by atoms with van der Waals surface area (Å²) in [5, 5.41) is 33.9. The number of sulfonamides is 1. The lowest BCUT2D eigenvalue weighted by atomic mass is 10.0. The van der Waals surface area contributed by atoms with E-state index in [0.29, 0.717) is 17.6 Å². The van der Waals surface area contributed by atoms with Gasteiger partial charge in [0.2, 0.25) is 0 Å². The van der Waals surface area contributed by atoms with E-state index in [4.69, 9.17) is 5.26 Å². The molecule has 0 aliphatic rings. The van der Waals surface area contributed by atoms with E-state index in [9.17, 15) is 36.6 Å². The topological polar surface area (TPSA) is 203 Å². The highest BCUT2D eigenvalue weighted by atomic mass is 32.2. The number of aryl methyl sites for hydroxylation is 1. The Hall–Kier alpha value is -3.51. The smallest absolute Gasteiger partial charge is 0.295 e. The molecule has 0 aromatic heterocycles. The molecule has 13 nitrogen and oxygen atoms in total. The summed E-state index contributed by atoms with van der Waals surface area (Å²) in [7, 11) is -9.27. The van der Waals surface area contributed by atoms with Crippen molar-refractivity contribution in [1.82, 2.24) is 0 Å². The number of nitro benzene ring substituents is 1. The van der Waals surface area contributed by atoms with Gasteiger partial charge in [-0.25, -0.2) is 13.7 Å². The van der Waals surface area contributed by atoms with Crippen LogP contribution in [0.25, 0.3) is 21.5 Å². The number of nitro groups is 1. The molecule has 0 radical (unpaired) electrons. The average molecular weight is 569 g/mol. The number of non-ortho nitro benzene ring substituents is 1. The van der Waals surface area contributed by atoms with Crippen molar-refractivity contribution in [2.45, 2.75) is 21.6 Å². The minimum Gasteiger partial charge on any atom is -0.507 e. The molecule has 4 aromatic rings. The number of rotatable bonds is 8. The van der Waals surface area contributed by atoms with Crippen LogP contribution in [0, 0.1) is 17.0 Å². The van der Waals surface area contributed by atoms with Gasteiger partial charge in [0.05, 0.1) is 39.0 Å². The van der Waals surface area contributed by atoms with E-state index >= 15 is 0 Å². The molecule has 0 fully saturated rings. The molecular formula is C21H16N2O11S3. The fourth-order valence-corrected chi connectivity index (χ4v) is 6.06. The van der Waals surface area contributed by atoms with Gasteiger partial charge >= 0.3 is 0 Å². The zero-order valence-corrected chi connectivity index (χ0v) is 20.9. The van der Waals surface area contributed by atoms with E-state index in [-0.39, 0.29) is 42.8 Å². The van der Waals surface area contributed by atoms with Gasteiger partial charge in [-0.2, -0.15) is 8.42 Å². The third kappa shape index (κ3) is 5.16. The van der Waals surface area contributed by atoms with Crippen molar-refractivity contribution in [3.63, 3.8) is 0 Å². The van der Waals surface area contributed by atoms with Crippen molar-refractivity contribution in [3.05, 3.63) is 70.3 Å². The minimum atomic E-state index is -4.83. The van der Waals surface area contributed by atoms with Gasteiger partial charge in [0.1, 0.15) is 10.6 Å². The average Bonchev–Trinajstić information content (AvgIpc) is 2.83. The second-order valence-electron chi connectivity index (χ2n) is 7.64. The Kier molecular flexibility index (Phi) is 6.99. The largest absolute Gasteiger partial charge is 0.507 e. The fourth-order valence-electron chi connectivity index (χ4n) is 3.77. The molecule has 0 bridgehead atoms. The van der Waals surface area contributed by atoms with Crippen LogP contribution in [0.5, 0.6) is 5.75 Å². The first-order chi connectivity index (χ1) is 17.3. The van der Waals surface area contributed by atoms with Crippen LogP contribution in [-0.4, -0.2) is 36.7 Å². The molecule has 0 aliphatic carbocycles. The van der Waals surface area contributed by atoms with Gasteiger partial charge < -0.3 is 5.11 Å². The second-order valence-corrected chi connectivity index (χ2v) is 11.5. The molecule has 37 heavy (non-hydrogen) atoms. The lowest BCUT2D eigenvalue weighted by Gasteiger charge is -2.14. The predicted molar refractivity (Wildman–Crippen MR) is 132 cm³/mol. The molecule has 194 valence electrons. The number of anilines is 1. The molecule has 0 amide bonds. The number of benzene rings is 4. The summed E-state index contributed by atoms with van der Waals surface area (Å²) < 4.78 is 66.9. The van der Waals surface area contributed by atoms with Crippen LogP contribution in [0.2, 0.25) is 0 Å². The molecule has 4 rings (SSSR count). The molecule has 0 spiro atoms. The van der Waals surface area contributed by atoms with Crippen molar-refractivity contribution in [2.75, 3.05) is 4.72 Å². The lowest BCUT2D eigenvalue weighted by Crippen LogP contribution is -2.14. The van der Waals surface area contributed by atoms with Crippen LogP contribution in [0.15, 0.2) is 69.3 Å². The summed E-state index contributed by atoms with van der Waals surface area (Å²) in [4.78, 5) is 9.95. The van der Waals surface area contributed by atoms with E-state index < -0.39 is 35.6 Å². The maximum atomic E-state index is 13.2. The summed E-state index contributed by atoms with van der Waals surface area (Å²) >= 11 is 0.490. The number of fused-ring (bicyclic) bond motifs is 2. The number of hydrogen-bond donors (Lipinski definition) is 4. The first-order valence-corrected chi connectivity index (χ1v) is 13.6. The lowest BCUT2D eigenvalue weighted by molar-refractivity contribution is -0.432. The van der Waals surface area contributed by atoms with Crippen LogP contribution in [0.4, 0.5) is 11.4 Å². The first-order valence-electron chi connectivity index (χ1n) is 9.96. The molecule has 0 aliphatic heterocycles. The van der Waals surface area contributed by atoms with Crippen LogP contribution >= 0.6 is 12.0 Å². The third-order valence-corrected chi connectivity index (χ3v) is 8.38. The first kappa shape index (κ1) is 26.6. The molecule has 0 unspecified atom stereocenters. The van der Waals surface area contributed by atoms with Crippen molar-refractivity contribution in [2.24, 2.45) is 0 Å². The minimum absolute atomic E-state index is 0.0219. The predicted octanol–water partition coefficient (Wildman–Crippen LogP) is 4.39. The molecule has 0 atom stereocenters. The highest BCUT2D eigenvalue weighted by molar-refractivity contribution is 7.94. The van der Waals surface area contributed by atoms with Gasteiger partial charge in [0.25, 0.3) is 25.8 Å². The van der Waals surface area contributed by atoms with Gasteiger partial charge in [-0.15, -0.1) is 4.33 Å². The van der Waals surface area contributed by atoms with Crippen molar-refractivity contribution in [3.8, 4) is 5.75 Å². The van der Waals surface area contributed by atoms with Gasteiger partial charge in [-0.3, -0.25) is 19.4 Å². The number of nitrogens with one attached hydrogen (secondary N) is 1. The molecule has 4 N–H and O–H groups in total. The Morgan fingerprint density at radius 2 is 1.70 bits per heavy atom. The molecule has 0 saturated heterocycles. The van der Waals surface area contributed by atoms with Crippen molar-refractivity contribution in [1.29, 1.82) is 0 Å². The van der Waals surface area contributed by atoms with Crippen LogP contribution in [0.1, 0.15) is 5.56 Å². The standard InChI is InChI=1S/C21H16N2O11S3/c1-11-14-6-5-13(9-16(14)18(23(25)26)10-19(11)24)36(28,29)22-12-7-17-15(21(8-12)37(30,31)32)3-2-4-20(17)35-34-33-27/h2-10,22,24,27H,1H3,(H,30,31,32). The summed E-state index contributed by atoms with van der Waals surface area (Å²) in [5.41, 5.74) is -0.471. The van der Waals surface area contributed by atoms with E-state index in [1.54, 1.807) is 0 Å². The zero-order valence-electron chi connectivity index (χ0n) is 18.5. The third-order valence-electron chi connectivity index (χ3n) is 5.44. The SMILES string of the molecule is Cc1c(O)cc([N+](=O)[O-])c2cc(S(=O)(=O)Nc3cc(S(=O)(=O)O)c4cccc(SOOO)c4c3)ccc12. The molecule has 0 heterocycles. The normalized spacial score (nSPS) is 12.2. The summed E-state index contributed by atoms with van der Waals surface area (Å²) in [5.74, 6) is -0.328. The molecule has 4 aromatic carbocycles. The molecular weight excluding hydrogens is 552 g/mol. The summed E-state index contributed by atoms with van der Waals surface area (Å²) in [6.45, 7) is 1.51. The van der Waals surface area contributed by atoms with E-state index in [0.717, 1.165) is 18.2 Å². The Morgan fingerprint density at radius 1 is 0.973 bits per heavy atom. The van der Waals surface area contributed by atoms with Crippen molar-refractivity contribution < 1.29 is 46.0 Å². The summed E-state index contributed by atoms with van der Waals surface area (Å²) in [6, 6.07) is 10.9. The Morgan fingerprint density at radius 3 is 2.35 bits per heavy atom. The maximum absolute atomic E-state index is 13.2. The Bertz CT molecular complexity index is 1790. The van der Waals surface area contributed by atoms with Gasteiger partial charge in [-0.1, -0.05) is 23.2 Å². The fraction of sp³-hybridized carbons (Fsp3) is 0.0476. The van der Waals surface area contributed by atoms with E-state index in [1.807, 2.05) is 0 Å². The highest BCUT2D eigenvalue weighted by Crippen LogP contribution is 2.38. The molecule has 16 heteroatoms. The van der Waals surface area contributed by atoms with E-state index in [2.05, 4.69) is 14.1 Å². The van der Waals surface area contributed by atoms with Crippen molar-refractivity contribution >= 4 is 65.1 Å². The number of nitrogens with zero attached hydrogens (tertiary/aromatic N) is 1. The second kappa shape index (κ2) is 9.75. The number of hydrogen-bond acceptors (Lipinski definition) is 11. The van der Waals surface area contributed by atoms with Crippen LogP contribution in [-0.2, 0) is 29.5 Å². The van der Waals surface area contributed by atoms with Gasteiger partial charge in [-0.05, 0) is 48.2 Å². The molecule has 0 saturated carbocycles. The quantitative estimate of drug-likeness (QED) is 0.0768.